The third-order valence-electron chi connectivity index (χ3n) is 5.38. The third-order valence-corrected chi connectivity index (χ3v) is 5.38. The highest BCUT2D eigenvalue weighted by Gasteiger charge is 2.31. The number of hydrogen-bond acceptors (Lipinski definition) is 4. The van der Waals surface area contributed by atoms with Crippen molar-refractivity contribution in [1.82, 2.24) is 14.7 Å². The number of carbonyl (C=O) groups excluding carboxylic acids is 1. The van der Waals surface area contributed by atoms with E-state index in [1.165, 1.54) is 22.4 Å². The zero-order valence-corrected chi connectivity index (χ0v) is 17.0. The number of hydrogen-bond donors (Lipinski definition) is 0. The molecule has 1 unspecified atom stereocenters. The fourth-order valence-corrected chi connectivity index (χ4v) is 3.78. The van der Waals surface area contributed by atoms with E-state index < -0.39 is 0 Å². The van der Waals surface area contributed by atoms with Gasteiger partial charge in [0, 0.05) is 12.6 Å². The molecule has 1 saturated heterocycles. The van der Waals surface area contributed by atoms with Crippen LogP contribution in [0.25, 0.3) is 0 Å². The highest BCUT2D eigenvalue weighted by Crippen LogP contribution is 2.32. The molecule has 1 aromatic heterocycles. The summed E-state index contributed by atoms with van der Waals surface area (Å²) in [6, 6.07) is 20.7. The summed E-state index contributed by atoms with van der Waals surface area (Å²) in [5, 5.41) is 4.32. The van der Waals surface area contributed by atoms with Crippen LogP contribution < -0.4 is 10.3 Å². The highest BCUT2D eigenvalue weighted by molar-refractivity contribution is 5.92. The maximum Gasteiger partial charge on any atom is 0.274 e. The Balaban J connectivity index is 1.47. The van der Waals surface area contributed by atoms with Crippen LogP contribution >= 0.6 is 0 Å². The molecule has 0 bridgehead atoms. The minimum absolute atomic E-state index is 0.0432. The molecule has 1 atom stereocenters. The molecule has 30 heavy (non-hydrogen) atoms. The van der Waals surface area contributed by atoms with Crippen molar-refractivity contribution in [2.24, 2.45) is 0 Å². The van der Waals surface area contributed by atoms with Crippen molar-refractivity contribution in [1.29, 1.82) is 0 Å². The van der Waals surface area contributed by atoms with E-state index in [1.807, 2.05) is 35.2 Å². The second-order valence-corrected chi connectivity index (χ2v) is 7.51. The van der Waals surface area contributed by atoms with Crippen LogP contribution in [-0.4, -0.2) is 33.7 Å². The third kappa shape index (κ3) is 4.43. The largest absolute Gasteiger partial charge is 0.492 e. The van der Waals surface area contributed by atoms with Crippen molar-refractivity contribution in [3.05, 3.63) is 93.9 Å². The van der Waals surface area contributed by atoms with E-state index in [0.717, 1.165) is 24.2 Å². The van der Waals surface area contributed by atoms with Crippen LogP contribution in [-0.2, 0) is 6.54 Å². The molecule has 0 aliphatic carbocycles. The van der Waals surface area contributed by atoms with Crippen molar-refractivity contribution in [2.45, 2.75) is 32.4 Å². The molecule has 1 aliphatic rings. The van der Waals surface area contributed by atoms with Gasteiger partial charge in [0.05, 0.1) is 12.6 Å². The van der Waals surface area contributed by atoms with Gasteiger partial charge in [0.25, 0.3) is 11.5 Å². The van der Waals surface area contributed by atoms with Crippen LogP contribution in [0.1, 0.15) is 40.5 Å². The first kappa shape index (κ1) is 19.9. The van der Waals surface area contributed by atoms with Crippen LogP contribution in [0, 0.1) is 6.92 Å². The molecule has 2 heterocycles. The Kier molecular flexibility index (Phi) is 5.93. The zero-order chi connectivity index (χ0) is 20.9. The summed E-state index contributed by atoms with van der Waals surface area (Å²) in [5.41, 5.74) is 2.37. The quantitative estimate of drug-likeness (QED) is 0.631. The molecule has 1 aliphatic heterocycles. The van der Waals surface area contributed by atoms with Crippen molar-refractivity contribution in [3.63, 3.8) is 0 Å². The van der Waals surface area contributed by atoms with Crippen LogP contribution in [0.5, 0.6) is 5.75 Å². The molecule has 1 amide bonds. The van der Waals surface area contributed by atoms with Gasteiger partial charge in [-0.25, -0.2) is 4.68 Å². The fraction of sp³-hybridized carbons (Fsp3) is 0.292. The van der Waals surface area contributed by atoms with Gasteiger partial charge in [0.15, 0.2) is 0 Å². The second-order valence-electron chi connectivity index (χ2n) is 7.51. The number of rotatable bonds is 6. The van der Waals surface area contributed by atoms with Gasteiger partial charge in [-0.05, 0) is 43.5 Å². The standard InChI is InChI=1S/C24H25N3O3/c1-18-9-11-19(12-10-18)22-8-5-15-26(22)24(29)21-13-14-23(28)27(25-21)16-17-30-20-6-3-2-4-7-20/h2-4,6-7,9-14,22H,5,8,15-17H2,1H3. The maximum absolute atomic E-state index is 13.2. The number of ether oxygens (including phenoxy) is 1. The zero-order valence-electron chi connectivity index (χ0n) is 17.0. The first-order chi connectivity index (χ1) is 14.6. The molecular formula is C24H25N3O3. The van der Waals surface area contributed by atoms with Gasteiger partial charge in [-0.2, -0.15) is 5.10 Å². The summed E-state index contributed by atoms with van der Waals surface area (Å²) < 4.78 is 6.95. The molecule has 2 aromatic carbocycles. The number of carbonyl (C=O) groups is 1. The summed E-state index contributed by atoms with van der Waals surface area (Å²) in [7, 11) is 0. The first-order valence-corrected chi connectivity index (χ1v) is 10.3. The Hall–Kier alpha value is -3.41. The second kappa shape index (κ2) is 8.95. The summed E-state index contributed by atoms with van der Waals surface area (Å²) >= 11 is 0. The maximum atomic E-state index is 13.2. The van der Waals surface area contributed by atoms with Gasteiger partial charge >= 0.3 is 0 Å². The monoisotopic (exact) mass is 403 g/mol. The molecule has 3 aromatic rings. The van der Waals surface area contributed by atoms with E-state index >= 15 is 0 Å². The number of amides is 1. The predicted octanol–water partition coefficient (Wildman–Crippen LogP) is 3.61. The van der Waals surface area contributed by atoms with Gasteiger partial charge in [-0.3, -0.25) is 9.59 Å². The topological polar surface area (TPSA) is 64.4 Å². The number of nitrogens with zero attached hydrogens (tertiary/aromatic N) is 3. The molecular weight excluding hydrogens is 378 g/mol. The normalized spacial score (nSPS) is 15.9. The summed E-state index contributed by atoms with van der Waals surface area (Å²) in [6.07, 6.45) is 1.88. The Morgan fingerprint density at radius 2 is 1.83 bits per heavy atom. The van der Waals surface area contributed by atoms with Crippen molar-refractivity contribution in [2.75, 3.05) is 13.2 Å². The van der Waals surface area contributed by atoms with Crippen molar-refractivity contribution < 1.29 is 9.53 Å². The van der Waals surface area contributed by atoms with Crippen LogP contribution in [0.4, 0.5) is 0 Å². The van der Waals surface area contributed by atoms with Crippen molar-refractivity contribution in [3.8, 4) is 5.75 Å². The molecule has 0 spiro atoms. The lowest BCUT2D eigenvalue weighted by Crippen LogP contribution is -2.34. The van der Waals surface area contributed by atoms with E-state index in [0.29, 0.717) is 13.2 Å². The van der Waals surface area contributed by atoms with E-state index in [9.17, 15) is 9.59 Å². The van der Waals surface area contributed by atoms with Gasteiger partial charge in [-0.15, -0.1) is 0 Å². The molecule has 6 heteroatoms. The van der Waals surface area contributed by atoms with Crippen LogP contribution in [0.3, 0.4) is 0 Å². The lowest BCUT2D eigenvalue weighted by molar-refractivity contribution is 0.0726. The van der Waals surface area contributed by atoms with Crippen LogP contribution in [0.15, 0.2) is 71.5 Å². The van der Waals surface area contributed by atoms with Crippen LogP contribution in [0.2, 0.25) is 0 Å². The molecule has 154 valence electrons. The lowest BCUT2D eigenvalue weighted by Gasteiger charge is -2.25. The number of aromatic nitrogens is 2. The summed E-state index contributed by atoms with van der Waals surface area (Å²) in [6.45, 7) is 3.31. The van der Waals surface area contributed by atoms with E-state index in [2.05, 4.69) is 36.3 Å². The minimum Gasteiger partial charge on any atom is -0.492 e. The predicted molar refractivity (Wildman–Crippen MR) is 115 cm³/mol. The SMILES string of the molecule is Cc1ccc(C2CCCN2C(=O)c2ccc(=O)n(CCOc3ccccc3)n2)cc1. The minimum atomic E-state index is -0.250. The fourth-order valence-electron chi connectivity index (χ4n) is 3.78. The van der Waals surface area contributed by atoms with E-state index in [-0.39, 0.29) is 29.7 Å². The molecule has 0 N–H and O–H groups in total. The number of benzene rings is 2. The van der Waals surface area contributed by atoms with Crippen molar-refractivity contribution >= 4 is 5.91 Å². The first-order valence-electron chi connectivity index (χ1n) is 10.3. The van der Waals surface area contributed by atoms with Gasteiger partial charge in [-0.1, -0.05) is 48.0 Å². The molecule has 1 fully saturated rings. The Labute approximate surface area is 175 Å². The van der Waals surface area contributed by atoms with E-state index in [1.54, 1.807) is 0 Å². The summed E-state index contributed by atoms with van der Waals surface area (Å²) in [4.78, 5) is 27.2. The molecule has 4 rings (SSSR count). The number of likely N-dealkylation sites (tertiary alicyclic amines) is 1. The average Bonchev–Trinajstić information content (AvgIpc) is 3.26. The van der Waals surface area contributed by atoms with Gasteiger partial charge in [0.1, 0.15) is 18.1 Å². The van der Waals surface area contributed by atoms with Gasteiger partial charge in [0.2, 0.25) is 0 Å². The number of para-hydroxylation sites is 1. The molecule has 6 nitrogen and oxygen atoms in total. The smallest absolute Gasteiger partial charge is 0.274 e. The Morgan fingerprint density at radius 1 is 1.07 bits per heavy atom. The Bertz CT molecular complexity index is 1060. The lowest BCUT2D eigenvalue weighted by atomic mass is 10.0. The molecule has 0 saturated carbocycles. The average molecular weight is 403 g/mol. The van der Waals surface area contributed by atoms with E-state index in [4.69, 9.17) is 4.74 Å². The number of aryl methyl sites for hydroxylation is 1. The summed E-state index contributed by atoms with van der Waals surface area (Å²) in [5.74, 6) is 0.589. The Morgan fingerprint density at radius 3 is 2.60 bits per heavy atom. The van der Waals surface area contributed by atoms with Gasteiger partial charge < -0.3 is 9.64 Å². The molecule has 0 radical (unpaired) electrons. The highest BCUT2D eigenvalue weighted by atomic mass is 16.5.